The van der Waals surface area contributed by atoms with Crippen molar-refractivity contribution in [2.24, 2.45) is 13.0 Å². The lowest BCUT2D eigenvalue weighted by Crippen LogP contribution is -2.39. The summed E-state index contributed by atoms with van der Waals surface area (Å²) in [5.41, 5.74) is 2.45. The first-order chi connectivity index (χ1) is 11.7. The summed E-state index contributed by atoms with van der Waals surface area (Å²) in [5.74, 6) is 1.14. The molecule has 7 heteroatoms. The van der Waals surface area contributed by atoms with E-state index in [4.69, 9.17) is 0 Å². The van der Waals surface area contributed by atoms with E-state index in [1.54, 1.807) is 7.05 Å². The Hall–Kier alpha value is -2.31. The molecule has 0 aliphatic rings. The van der Waals surface area contributed by atoms with Crippen molar-refractivity contribution in [1.29, 1.82) is 0 Å². The van der Waals surface area contributed by atoms with Gasteiger partial charge in [-0.3, -0.25) is 18.3 Å². The fourth-order valence-electron chi connectivity index (χ4n) is 3.48. The highest BCUT2D eigenvalue weighted by Crippen LogP contribution is 2.23. The third-order valence-corrected chi connectivity index (χ3v) is 5.01. The number of hydrogen-bond donors (Lipinski definition) is 0. The van der Waals surface area contributed by atoms with E-state index in [0.717, 1.165) is 17.8 Å². The van der Waals surface area contributed by atoms with E-state index in [2.05, 4.69) is 37.2 Å². The number of aromatic nitrogens is 5. The van der Waals surface area contributed by atoms with Crippen LogP contribution in [0.5, 0.6) is 0 Å². The second-order valence-electron chi connectivity index (χ2n) is 7.53. The molecule has 0 bridgehead atoms. The highest BCUT2D eigenvalue weighted by Gasteiger charge is 2.23. The Morgan fingerprint density at radius 2 is 1.68 bits per heavy atom. The second-order valence-corrected chi connectivity index (χ2v) is 7.53. The molecule has 0 amide bonds. The smallest absolute Gasteiger partial charge is 0.311 e. The Balaban J connectivity index is 2.46. The molecule has 0 aliphatic carbocycles. The van der Waals surface area contributed by atoms with E-state index in [0.29, 0.717) is 29.4 Å². The minimum atomic E-state index is -0.302. The first-order valence-corrected chi connectivity index (χ1v) is 8.86. The predicted octanol–water partition coefficient (Wildman–Crippen LogP) is 2.39. The quantitative estimate of drug-likeness (QED) is 0.729. The Kier molecular flexibility index (Phi) is 4.13. The van der Waals surface area contributed by atoms with E-state index in [1.165, 1.54) is 9.13 Å². The Morgan fingerprint density at radius 1 is 1.04 bits per heavy atom. The van der Waals surface area contributed by atoms with Crippen molar-refractivity contribution in [3.63, 3.8) is 0 Å². The van der Waals surface area contributed by atoms with Crippen LogP contribution in [-0.2, 0) is 13.6 Å². The van der Waals surface area contributed by atoms with Crippen LogP contribution in [0.25, 0.3) is 16.9 Å². The van der Waals surface area contributed by atoms with Crippen LogP contribution in [0.1, 0.15) is 51.5 Å². The monoisotopic (exact) mass is 345 g/mol. The standard InChI is InChI=1S/C18H27N5O2/c1-10(2)8-9-21-16(24)14-15(20(7)18(21)25)19-17-22(11(3)4)12(5)13(6)23(14)17/h10-11H,8-9H2,1-7H3. The maximum absolute atomic E-state index is 13.1. The molecule has 3 heterocycles. The van der Waals surface area contributed by atoms with Gasteiger partial charge >= 0.3 is 5.69 Å². The second kappa shape index (κ2) is 5.89. The molecule has 25 heavy (non-hydrogen) atoms. The summed E-state index contributed by atoms with van der Waals surface area (Å²) >= 11 is 0. The number of hydrogen-bond acceptors (Lipinski definition) is 3. The normalized spacial score (nSPS) is 12.4. The van der Waals surface area contributed by atoms with Gasteiger partial charge in [-0.05, 0) is 40.0 Å². The molecule has 0 saturated carbocycles. The molecule has 3 rings (SSSR count). The van der Waals surface area contributed by atoms with Crippen LogP contribution >= 0.6 is 0 Å². The molecule has 7 nitrogen and oxygen atoms in total. The van der Waals surface area contributed by atoms with Gasteiger partial charge in [0.1, 0.15) is 0 Å². The number of nitrogens with zero attached hydrogens (tertiary/aromatic N) is 5. The number of aryl methyl sites for hydroxylation is 2. The summed E-state index contributed by atoms with van der Waals surface area (Å²) in [6.45, 7) is 12.8. The molecule has 3 aromatic rings. The summed E-state index contributed by atoms with van der Waals surface area (Å²) in [5, 5.41) is 0. The van der Waals surface area contributed by atoms with Gasteiger partial charge in [-0.1, -0.05) is 13.8 Å². The Morgan fingerprint density at radius 3 is 2.24 bits per heavy atom. The van der Waals surface area contributed by atoms with E-state index < -0.39 is 0 Å². The van der Waals surface area contributed by atoms with Gasteiger partial charge in [-0.2, -0.15) is 4.98 Å². The van der Waals surface area contributed by atoms with E-state index in [1.807, 2.05) is 18.2 Å². The van der Waals surface area contributed by atoms with E-state index in [-0.39, 0.29) is 17.3 Å². The molecule has 0 N–H and O–H groups in total. The van der Waals surface area contributed by atoms with Gasteiger partial charge in [-0.25, -0.2) is 4.79 Å². The van der Waals surface area contributed by atoms with Gasteiger partial charge in [0, 0.05) is 31.0 Å². The lowest BCUT2D eigenvalue weighted by atomic mass is 10.1. The number of imidazole rings is 2. The van der Waals surface area contributed by atoms with Crippen molar-refractivity contribution in [3.8, 4) is 0 Å². The average molecular weight is 345 g/mol. The molecule has 0 aromatic carbocycles. The predicted molar refractivity (Wildman–Crippen MR) is 99.5 cm³/mol. The maximum Gasteiger partial charge on any atom is 0.332 e. The van der Waals surface area contributed by atoms with E-state index in [9.17, 15) is 9.59 Å². The largest absolute Gasteiger partial charge is 0.332 e. The van der Waals surface area contributed by atoms with Gasteiger partial charge < -0.3 is 4.57 Å². The van der Waals surface area contributed by atoms with Gasteiger partial charge in [0.15, 0.2) is 11.2 Å². The van der Waals surface area contributed by atoms with Crippen LogP contribution in [0.2, 0.25) is 0 Å². The fourth-order valence-corrected chi connectivity index (χ4v) is 3.48. The zero-order valence-corrected chi connectivity index (χ0v) is 16.1. The van der Waals surface area contributed by atoms with Crippen molar-refractivity contribution >= 4 is 16.9 Å². The third kappa shape index (κ3) is 2.44. The first-order valence-electron chi connectivity index (χ1n) is 8.86. The minimum absolute atomic E-state index is 0.216. The molecule has 0 aliphatic heterocycles. The number of fused-ring (bicyclic) bond motifs is 3. The Bertz CT molecular complexity index is 1080. The van der Waals surface area contributed by atoms with Crippen molar-refractivity contribution < 1.29 is 0 Å². The van der Waals surface area contributed by atoms with Crippen LogP contribution in [0.15, 0.2) is 9.59 Å². The molecule has 0 unspecified atom stereocenters. The molecule has 0 atom stereocenters. The Labute approximate surface area is 146 Å². The molecular formula is C18H27N5O2. The third-order valence-electron chi connectivity index (χ3n) is 5.01. The summed E-state index contributed by atoms with van der Waals surface area (Å²) in [6.07, 6.45) is 0.785. The molecule has 0 radical (unpaired) electrons. The fraction of sp³-hybridized carbons (Fsp3) is 0.611. The average Bonchev–Trinajstić information content (AvgIpc) is 3.01. The topological polar surface area (TPSA) is 66.2 Å². The van der Waals surface area contributed by atoms with Gasteiger partial charge in [-0.15, -0.1) is 0 Å². The van der Waals surface area contributed by atoms with Crippen molar-refractivity contribution in [2.75, 3.05) is 0 Å². The van der Waals surface area contributed by atoms with Gasteiger partial charge in [0.2, 0.25) is 5.78 Å². The highest BCUT2D eigenvalue weighted by molar-refractivity contribution is 5.76. The summed E-state index contributed by atoms with van der Waals surface area (Å²) in [7, 11) is 1.68. The first kappa shape index (κ1) is 17.5. The molecule has 3 aromatic heterocycles. The van der Waals surface area contributed by atoms with Crippen LogP contribution < -0.4 is 11.2 Å². The van der Waals surface area contributed by atoms with Crippen LogP contribution in [0.3, 0.4) is 0 Å². The SMILES string of the molecule is Cc1c(C)n2c3c(=O)n(CCC(C)C)c(=O)n(C)c3nc2n1C(C)C. The lowest BCUT2D eigenvalue weighted by Gasteiger charge is -2.10. The van der Waals surface area contributed by atoms with Crippen molar-refractivity contribution in [2.45, 2.75) is 60.5 Å². The summed E-state index contributed by atoms with van der Waals surface area (Å²) < 4.78 is 6.84. The molecule has 0 spiro atoms. The molecule has 0 saturated heterocycles. The summed E-state index contributed by atoms with van der Waals surface area (Å²) in [4.78, 5) is 30.4. The van der Waals surface area contributed by atoms with Crippen LogP contribution in [-0.4, -0.2) is 23.1 Å². The maximum atomic E-state index is 13.1. The van der Waals surface area contributed by atoms with Gasteiger partial charge in [0.25, 0.3) is 5.56 Å². The minimum Gasteiger partial charge on any atom is -0.311 e. The van der Waals surface area contributed by atoms with Crippen LogP contribution in [0.4, 0.5) is 0 Å². The molecule has 136 valence electrons. The zero-order valence-electron chi connectivity index (χ0n) is 16.1. The van der Waals surface area contributed by atoms with Crippen LogP contribution in [0, 0.1) is 19.8 Å². The zero-order chi connectivity index (χ0) is 18.6. The highest BCUT2D eigenvalue weighted by atomic mass is 16.2. The molecular weight excluding hydrogens is 318 g/mol. The van der Waals surface area contributed by atoms with E-state index >= 15 is 0 Å². The molecule has 0 fully saturated rings. The van der Waals surface area contributed by atoms with Crippen molar-refractivity contribution in [3.05, 3.63) is 32.2 Å². The van der Waals surface area contributed by atoms with Crippen molar-refractivity contribution in [1.82, 2.24) is 23.1 Å². The number of rotatable bonds is 4. The summed E-state index contributed by atoms with van der Waals surface area (Å²) in [6, 6.07) is 0.216. The lowest BCUT2D eigenvalue weighted by molar-refractivity contribution is 0.488. The van der Waals surface area contributed by atoms with Gasteiger partial charge in [0.05, 0.1) is 0 Å².